The standard InChI is InChI=1S/C17H24N2O2/c1-4-19(13-6-12-18(2)3)17(21)16-10-8-15(9-11-16)7-5-14-20/h8-11,20H,4,6,12-14H2,1-3H3. The molecule has 0 aliphatic heterocycles. The molecule has 0 atom stereocenters. The summed E-state index contributed by atoms with van der Waals surface area (Å²) in [6.45, 7) is 4.28. The van der Waals surface area contributed by atoms with Crippen molar-refractivity contribution in [3.8, 4) is 11.8 Å². The fraction of sp³-hybridized carbons (Fsp3) is 0.471. The van der Waals surface area contributed by atoms with Crippen molar-refractivity contribution in [1.82, 2.24) is 9.80 Å². The van der Waals surface area contributed by atoms with Crippen molar-refractivity contribution in [3.63, 3.8) is 0 Å². The highest BCUT2D eigenvalue weighted by atomic mass is 16.2. The number of carbonyl (C=O) groups excluding carboxylic acids is 1. The zero-order chi connectivity index (χ0) is 15.7. The van der Waals surface area contributed by atoms with Crippen molar-refractivity contribution in [2.24, 2.45) is 0 Å². The summed E-state index contributed by atoms with van der Waals surface area (Å²) >= 11 is 0. The molecule has 0 aliphatic rings. The van der Waals surface area contributed by atoms with Gasteiger partial charge in [0.15, 0.2) is 0 Å². The molecule has 0 spiro atoms. The summed E-state index contributed by atoms with van der Waals surface area (Å²) in [6, 6.07) is 7.20. The van der Waals surface area contributed by atoms with E-state index in [1.807, 2.05) is 38.1 Å². The highest BCUT2D eigenvalue weighted by molar-refractivity contribution is 5.94. The molecule has 0 heterocycles. The van der Waals surface area contributed by atoms with Crippen molar-refractivity contribution in [1.29, 1.82) is 0 Å². The van der Waals surface area contributed by atoms with Crippen LogP contribution in [-0.2, 0) is 0 Å². The van der Waals surface area contributed by atoms with Crippen molar-refractivity contribution in [3.05, 3.63) is 35.4 Å². The molecule has 1 rings (SSSR count). The second-order valence-corrected chi connectivity index (χ2v) is 5.08. The minimum absolute atomic E-state index is 0.0536. The summed E-state index contributed by atoms with van der Waals surface area (Å²) in [5.74, 6) is 5.46. The summed E-state index contributed by atoms with van der Waals surface area (Å²) < 4.78 is 0. The van der Waals surface area contributed by atoms with Crippen LogP contribution in [-0.4, -0.2) is 61.2 Å². The van der Waals surface area contributed by atoms with Gasteiger partial charge < -0.3 is 14.9 Å². The summed E-state index contributed by atoms with van der Waals surface area (Å²) in [5, 5.41) is 8.66. The van der Waals surface area contributed by atoms with Gasteiger partial charge in [-0.2, -0.15) is 0 Å². The Morgan fingerprint density at radius 1 is 1.19 bits per heavy atom. The molecule has 114 valence electrons. The molecule has 1 aromatic rings. The normalized spacial score (nSPS) is 10.1. The number of hydrogen-bond acceptors (Lipinski definition) is 3. The average molecular weight is 288 g/mol. The van der Waals surface area contributed by atoms with E-state index in [-0.39, 0.29) is 12.5 Å². The van der Waals surface area contributed by atoms with Gasteiger partial charge in [-0.05, 0) is 58.3 Å². The lowest BCUT2D eigenvalue weighted by Crippen LogP contribution is -2.33. The van der Waals surface area contributed by atoms with E-state index in [1.54, 1.807) is 12.1 Å². The van der Waals surface area contributed by atoms with Gasteiger partial charge in [0.05, 0.1) is 0 Å². The van der Waals surface area contributed by atoms with Crippen LogP contribution in [0.5, 0.6) is 0 Å². The number of nitrogens with zero attached hydrogens (tertiary/aromatic N) is 2. The molecule has 0 aromatic heterocycles. The second kappa shape index (κ2) is 9.17. The average Bonchev–Trinajstić information content (AvgIpc) is 2.49. The van der Waals surface area contributed by atoms with E-state index in [2.05, 4.69) is 16.7 Å². The number of benzene rings is 1. The molecule has 1 aromatic carbocycles. The summed E-state index contributed by atoms with van der Waals surface area (Å²) in [4.78, 5) is 16.4. The molecule has 4 nitrogen and oxygen atoms in total. The Kier molecular flexibility index (Phi) is 7.52. The molecule has 1 amide bonds. The Balaban J connectivity index is 2.67. The van der Waals surface area contributed by atoms with Gasteiger partial charge in [-0.15, -0.1) is 0 Å². The topological polar surface area (TPSA) is 43.8 Å². The maximum atomic E-state index is 12.4. The Labute approximate surface area is 127 Å². The molecule has 1 N–H and O–H groups in total. The number of rotatable bonds is 6. The van der Waals surface area contributed by atoms with Gasteiger partial charge in [0, 0.05) is 24.2 Å². The number of aliphatic hydroxyl groups is 1. The van der Waals surface area contributed by atoms with Crippen LogP contribution in [0.25, 0.3) is 0 Å². The maximum absolute atomic E-state index is 12.4. The Hall–Kier alpha value is -1.83. The van der Waals surface area contributed by atoms with Crippen LogP contribution in [0.15, 0.2) is 24.3 Å². The van der Waals surface area contributed by atoms with Crippen LogP contribution in [0, 0.1) is 11.8 Å². The van der Waals surface area contributed by atoms with Crippen molar-refractivity contribution in [2.75, 3.05) is 40.3 Å². The monoisotopic (exact) mass is 288 g/mol. The first-order valence-electron chi connectivity index (χ1n) is 7.22. The van der Waals surface area contributed by atoms with Crippen LogP contribution in [0.1, 0.15) is 29.3 Å². The van der Waals surface area contributed by atoms with Crippen LogP contribution in [0.3, 0.4) is 0 Å². The molecule has 0 saturated carbocycles. The largest absolute Gasteiger partial charge is 0.384 e. The first-order chi connectivity index (χ1) is 10.1. The highest BCUT2D eigenvalue weighted by Gasteiger charge is 2.13. The lowest BCUT2D eigenvalue weighted by Gasteiger charge is -2.22. The number of amides is 1. The SMILES string of the molecule is CCN(CCCN(C)C)C(=O)c1ccc(C#CCO)cc1. The van der Waals surface area contributed by atoms with Crippen LogP contribution < -0.4 is 0 Å². The van der Waals surface area contributed by atoms with Gasteiger partial charge in [-0.25, -0.2) is 0 Å². The highest BCUT2D eigenvalue weighted by Crippen LogP contribution is 2.08. The Morgan fingerprint density at radius 3 is 2.38 bits per heavy atom. The summed E-state index contributed by atoms with van der Waals surface area (Å²) in [7, 11) is 4.06. The zero-order valence-electron chi connectivity index (χ0n) is 13.1. The van der Waals surface area contributed by atoms with Crippen LogP contribution >= 0.6 is 0 Å². The number of hydrogen-bond donors (Lipinski definition) is 1. The molecule has 0 unspecified atom stereocenters. The third-order valence-corrected chi connectivity index (χ3v) is 3.15. The van der Waals surface area contributed by atoms with Gasteiger partial charge in [0.2, 0.25) is 0 Å². The maximum Gasteiger partial charge on any atom is 0.253 e. The second-order valence-electron chi connectivity index (χ2n) is 5.08. The third-order valence-electron chi connectivity index (χ3n) is 3.15. The van der Waals surface area contributed by atoms with E-state index in [0.29, 0.717) is 12.1 Å². The van der Waals surface area contributed by atoms with E-state index in [4.69, 9.17) is 5.11 Å². The predicted octanol–water partition coefficient (Wildman–Crippen LogP) is 1.44. The van der Waals surface area contributed by atoms with E-state index in [0.717, 1.165) is 25.1 Å². The van der Waals surface area contributed by atoms with Crippen molar-refractivity contribution >= 4 is 5.91 Å². The van der Waals surface area contributed by atoms with E-state index < -0.39 is 0 Å². The first kappa shape index (κ1) is 17.2. The third kappa shape index (κ3) is 5.99. The lowest BCUT2D eigenvalue weighted by atomic mass is 10.1. The zero-order valence-corrected chi connectivity index (χ0v) is 13.1. The number of carbonyl (C=O) groups is 1. The van der Waals surface area contributed by atoms with Gasteiger partial charge >= 0.3 is 0 Å². The lowest BCUT2D eigenvalue weighted by molar-refractivity contribution is 0.0759. The first-order valence-corrected chi connectivity index (χ1v) is 7.22. The quantitative estimate of drug-likeness (QED) is 0.806. The van der Waals surface area contributed by atoms with Crippen LogP contribution in [0.4, 0.5) is 0 Å². The molecule has 0 saturated heterocycles. The predicted molar refractivity (Wildman–Crippen MR) is 85.2 cm³/mol. The fourth-order valence-corrected chi connectivity index (χ4v) is 2.00. The number of aliphatic hydroxyl groups excluding tert-OH is 1. The smallest absolute Gasteiger partial charge is 0.253 e. The Morgan fingerprint density at radius 2 is 1.86 bits per heavy atom. The summed E-state index contributed by atoms with van der Waals surface area (Å²) in [6.07, 6.45) is 0.965. The van der Waals surface area contributed by atoms with Gasteiger partial charge in [0.25, 0.3) is 5.91 Å². The molecule has 0 aliphatic carbocycles. The van der Waals surface area contributed by atoms with E-state index in [1.165, 1.54) is 0 Å². The molecule has 0 fully saturated rings. The minimum atomic E-state index is -0.157. The molecule has 0 radical (unpaired) electrons. The van der Waals surface area contributed by atoms with Gasteiger partial charge in [-0.3, -0.25) is 4.79 Å². The molecule has 0 bridgehead atoms. The van der Waals surface area contributed by atoms with E-state index in [9.17, 15) is 4.79 Å². The molecular formula is C17H24N2O2. The van der Waals surface area contributed by atoms with E-state index >= 15 is 0 Å². The van der Waals surface area contributed by atoms with Gasteiger partial charge in [-0.1, -0.05) is 11.8 Å². The van der Waals surface area contributed by atoms with Crippen molar-refractivity contribution in [2.45, 2.75) is 13.3 Å². The van der Waals surface area contributed by atoms with Crippen molar-refractivity contribution < 1.29 is 9.90 Å². The van der Waals surface area contributed by atoms with Gasteiger partial charge in [0.1, 0.15) is 6.61 Å². The minimum Gasteiger partial charge on any atom is -0.384 e. The van der Waals surface area contributed by atoms with Crippen LogP contribution in [0.2, 0.25) is 0 Å². The fourth-order valence-electron chi connectivity index (χ4n) is 2.00. The molecular weight excluding hydrogens is 264 g/mol. The summed E-state index contributed by atoms with van der Waals surface area (Å²) in [5.41, 5.74) is 1.48. The Bertz CT molecular complexity index is 498. The molecule has 4 heteroatoms. The molecule has 21 heavy (non-hydrogen) atoms.